The van der Waals surface area contributed by atoms with E-state index in [1.54, 1.807) is 13.3 Å². The smallest absolute Gasteiger partial charge is 0.227 e. The number of hydrogen-bond donors (Lipinski definition) is 0. The average molecular weight is 936 g/mol. The molecule has 2 aromatic carbocycles. The standard InChI is InChI=1S/C17H25NO.C14H20INO.3C4H9.C3H5.Sn/c1-6-9-15-10-7-8-11-16(15)12-17(19)18(13(2)3)14(4)5;1-10(2)16(11(3)4)14(17)9-12-7-5-6-8-13(12)15;3*1-3-4-2;1-3-2;/h6-8,10-11,13-14H,1,9,12H2,2-5H3;5-8,10-11H,9H2,1-4H3;3*1,3-4H2,2H3;3H,1-2H2;. The van der Waals surface area contributed by atoms with Gasteiger partial charge in [-0.2, -0.15) is 0 Å². The van der Waals surface area contributed by atoms with Gasteiger partial charge < -0.3 is 9.80 Å². The van der Waals surface area contributed by atoms with Crippen LogP contribution < -0.4 is 0 Å². The van der Waals surface area contributed by atoms with E-state index in [2.05, 4.69) is 124 Å². The molecule has 0 unspecified atom stereocenters. The predicted molar refractivity (Wildman–Crippen MR) is 241 cm³/mol. The molecule has 0 aliphatic heterocycles. The van der Waals surface area contributed by atoms with Crippen LogP contribution in [-0.2, 0) is 28.9 Å². The van der Waals surface area contributed by atoms with Crippen molar-refractivity contribution in [3.8, 4) is 0 Å². The molecule has 0 N–H and O–H groups in total. The maximum atomic E-state index is 12.5. The average Bonchev–Trinajstić information content (AvgIpc) is 3.07. The molecule has 0 atom stereocenters. The number of hydrogen-bond acceptors (Lipinski definition) is 2. The van der Waals surface area contributed by atoms with E-state index in [1.807, 2.05) is 58.3 Å². The van der Waals surface area contributed by atoms with Crippen molar-refractivity contribution < 1.29 is 9.59 Å². The largest absolute Gasteiger partial charge is 0.338 e. The Balaban J connectivity index is 0.000000754. The summed E-state index contributed by atoms with van der Waals surface area (Å²) in [5.74, 6) is 0.403. The van der Waals surface area contributed by atoms with E-state index < -0.39 is 18.4 Å². The summed E-state index contributed by atoms with van der Waals surface area (Å²) in [6.07, 6.45) is 14.5. The van der Waals surface area contributed by atoms with Gasteiger partial charge in [0.15, 0.2) is 0 Å². The first-order valence-electron chi connectivity index (χ1n) is 20.3. The Morgan fingerprint density at radius 1 is 0.615 bits per heavy atom. The van der Waals surface area contributed by atoms with Crippen molar-refractivity contribution in [2.75, 3.05) is 0 Å². The van der Waals surface area contributed by atoms with E-state index in [4.69, 9.17) is 0 Å². The number of unbranched alkanes of at least 4 members (excludes halogenated alkanes) is 3. The fourth-order valence-corrected chi connectivity index (χ4v) is 22.9. The molecule has 52 heavy (non-hydrogen) atoms. The number of carbonyl (C=O) groups is 2. The molecule has 0 saturated carbocycles. The topological polar surface area (TPSA) is 40.6 Å². The summed E-state index contributed by atoms with van der Waals surface area (Å²) in [7, 11) is 0. The van der Waals surface area contributed by atoms with Gasteiger partial charge in [0.05, 0.1) is 12.8 Å². The second-order valence-corrected chi connectivity index (χ2v) is 30.7. The van der Waals surface area contributed by atoms with Crippen molar-refractivity contribution in [1.82, 2.24) is 9.80 Å². The van der Waals surface area contributed by atoms with E-state index in [1.165, 1.54) is 48.5 Å². The summed E-state index contributed by atoms with van der Waals surface area (Å²) in [5.41, 5.74) is 3.42. The van der Waals surface area contributed by atoms with E-state index in [0.29, 0.717) is 12.8 Å². The fraction of sp³-hybridized carbons (Fsp3) is 0.609. The summed E-state index contributed by atoms with van der Waals surface area (Å²) in [4.78, 5) is 28.6. The van der Waals surface area contributed by atoms with Crippen LogP contribution >= 0.6 is 22.6 Å². The van der Waals surface area contributed by atoms with Crippen LogP contribution in [-0.4, -0.2) is 64.2 Å². The van der Waals surface area contributed by atoms with Gasteiger partial charge in [0, 0.05) is 27.7 Å². The number of allylic oxidation sites excluding steroid dienone is 2. The Hall–Kier alpha value is -1.61. The van der Waals surface area contributed by atoms with Crippen molar-refractivity contribution in [2.24, 2.45) is 0 Å². The molecule has 0 bridgehead atoms. The van der Waals surface area contributed by atoms with Crippen LogP contribution in [0.25, 0.3) is 0 Å². The molecule has 0 aliphatic rings. The van der Waals surface area contributed by atoms with Gasteiger partial charge >= 0.3 is 108 Å². The zero-order valence-electron chi connectivity index (χ0n) is 35.3. The molecule has 0 spiro atoms. The van der Waals surface area contributed by atoms with Gasteiger partial charge in [-0.1, -0.05) is 48.5 Å². The quantitative estimate of drug-likeness (QED) is 0.0711. The van der Waals surface area contributed by atoms with Crippen LogP contribution in [0, 0.1) is 3.57 Å². The van der Waals surface area contributed by atoms with Gasteiger partial charge in [0.25, 0.3) is 0 Å². The van der Waals surface area contributed by atoms with Gasteiger partial charge in [-0.15, -0.1) is 6.58 Å². The molecule has 4 nitrogen and oxygen atoms in total. The normalized spacial score (nSPS) is 11.2. The Morgan fingerprint density at radius 2 is 0.981 bits per heavy atom. The molecule has 2 amide bonds. The van der Waals surface area contributed by atoms with Crippen LogP contribution in [0.15, 0.2) is 73.8 Å². The summed E-state index contributed by atoms with van der Waals surface area (Å²) in [6.45, 7) is 31.3. The van der Waals surface area contributed by atoms with E-state index >= 15 is 0 Å². The van der Waals surface area contributed by atoms with Crippen molar-refractivity contribution >= 4 is 52.8 Å². The van der Waals surface area contributed by atoms with Crippen LogP contribution in [0.2, 0.25) is 17.7 Å². The molecule has 294 valence electrons. The van der Waals surface area contributed by atoms with Crippen LogP contribution in [0.5, 0.6) is 0 Å². The number of benzene rings is 2. The van der Waals surface area contributed by atoms with Gasteiger partial charge in [0.1, 0.15) is 0 Å². The maximum absolute atomic E-state index is 12.5. The van der Waals surface area contributed by atoms with E-state index in [9.17, 15) is 9.59 Å². The minimum atomic E-state index is -1.78. The van der Waals surface area contributed by atoms with Crippen LogP contribution in [0.3, 0.4) is 0 Å². The second kappa shape index (κ2) is 28.8. The summed E-state index contributed by atoms with van der Waals surface area (Å²) in [6, 6.07) is 17.1. The third kappa shape index (κ3) is 19.6. The SMILES string of the molecule is C=CCc1ccccc1CC(=O)N(C(C)C)C(C)C.C=C[CH2][Sn]([CH2]CCC)([CH2]CCC)[CH2]CCC.CC(C)N(C(=O)Cc1ccccc1I)C(C)C. The molecule has 0 aliphatic carbocycles. The number of amides is 2. The Bertz CT molecular complexity index is 1250. The van der Waals surface area contributed by atoms with Gasteiger partial charge in [0.2, 0.25) is 11.8 Å². The number of halogens is 1. The summed E-state index contributed by atoms with van der Waals surface area (Å²) >= 11 is 0.504. The zero-order chi connectivity index (χ0) is 39.7. The minimum absolute atomic E-state index is 0.196. The number of carbonyl (C=O) groups excluding carboxylic acids is 2. The Morgan fingerprint density at radius 3 is 1.33 bits per heavy atom. The molecule has 0 fully saturated rings. The zero-order valence-corrected chi connectivity index (χ0v) is 40.3. The summed E-state index contributed by atoms with van der Waals surface area (Å²) < 4.78 is 7.46. The van der Waals surface area contributed by atoms with Crippen molar-refractivity contribution in [1.29, 1.82) is 0 Å². The molecule has 0 aromatic heterocycles. The predicted octanol–water partition coefficient (Wildman–Crippen LogP) is 13.1. The van der Waals surface area contributed by atoms with Gasteiger partial charge in [-0.3, -0.25) is 9.59 Å². The van der Waals surface area contributed by atoms with Gasteiger partial charge in [-0.25, -0.2) is 0 Å². The molecule has 0 radical (unpaired) electrons. The molecular formula is C46H77IN2O2Sn. The molecule has 2 rings (SSSR count). The van der Waals surface area contributed by atoms with E-state index in [0.717, 1.165) is 21.1 Å². The first kappa shape index (κ1) is 50.4. The molecule has 0 saturated heterocycles. The molecule has 2 aromatic rings. The Kier molecular flexibility index (Phi) is 27.9. The van der Waals surface area contributed by atoms with Crippen molar-refractivity contribution in [3.63, 3.8) is 0 Å². The minimum Gasteiger partial charge on any atom is -0.338 e. The third-order valence-corrected chi connectivity index (χ3v) is 26.1. The first-order valence-corrected chi connectivity index (χ1v) is 29.4. The third-order valence-electron chi connectivity index (χ3n) is 9.68. The van der Waals surface area contributed by atoms with Crippen LogP contribution in [0.1, 0.15) is 131 Å². The summed E-state index contributed by atoms with van der Waals surface area (Å²) in [5, 5.41) is 0. The molecule has 6 heteroatoms. The molecular weight excluding hydrogens is 858 g/mol. The monoisotopic (exact) mass is 936 g/mol. The second-order valence-electron chi connectivity index (χ2n) is 15.5. The number of nitrogens with zero attached hydrogens (tertiary/aromatic N) is 2. The maximum Gasteiger partial charge on any atom is 0.227 e. The Labute approximate surface area is 339 Å². The van der Waals surface area contributed by atoms with Crippen molar-refractivity contribution in [3.05, 3.63) is 94.1 Å². The van der Waals surface area contributed by atoms with Crippen molar-refractivity contribution in [2.45, 2.75) is 176 Å². The molecule has 0 heterocycles. The van der Waals surface area contributed by atoms with Gasteiger partial charge in [-0.05, 0) is 107 Å². The van der Waals surface area contributed by atoms with Crippen LogP contribution in [0.4, 0.5) is 0 Å². The fourth-order valence-electron chi connectivity index (χ4n) is 7.22. The first-order chi connectivity index (χ1) is 24.6. The van der Waals surface area contributed by atoms with E-state index in [-0.39, 0.29) is 36.0 Å². The number of rotatable bonds is 21.